The molecule has 0 heterocycles. The van der Waals surface area contributed by atoms with Gasteiger partial charge in [0.25, 0.3) is 0 Å². The van der Waals surface area contributed by atoms with Crippen LogP contribution in [0.4, 0.5) is 0 Å². The number of methoxy groups -OCH3 is 1. The highest BCUT2D eigenvalue weighted by atomic mass is 16.5. The van der Waals surface area contributed by atoms with Crippen LogP contribution in [-0.4, -0.2) is 12.7 Å². The second-order valence-corrected chi connectivity index (χ2v) is 3.80. The van der Waals surface area contributed by atoms with Gasteiger partial charge in [-0.05, 0) is 25.2 Å². The summed E-state index contributed by atoms with van der Waals surface area (Å²) in [6.45, 7) is 4.49. The second-order valence-electron chi connectivity index (χ2n) is 3.80. The Hall–Kier alpha value is -0.0400. The Labute approximate surface area is 70.1 Å². The first kappa shape index (κ1) is 9.05. The van der Waals surface area contributed by atoms with E-state index in [2.05, 4.69) is 13.8 Å². The highest BCUT2D eigenvalue weighted by molar-refractivity contribution is 4.94. The molecule has 11 heavy (non-hydrogen) atoms. The third kappa shape index (κ3) is 1.76. The SMILES string of the molecule is CCCC1CC(CC)(OC)C1. The molecule has 0 aromatic heterocycles. The minimum Gasteiger partial charge on any atom is -0.378 e. The van der Waals surface area contributed by atoms with Crippen molar-refractivity contribution in [2.24, 2.45) is 5.92 Å². The average Bonchev–Trinajstić information content (AvgIpc) is 1.96. The van der Waals surface area contributed by atoms with Crippen molar-refractivity contribution in [1.29, 1.82) is 0 Å². The molecule has 1 nitrogen and oxygen atoms in total. The van der Waals surface area contributed by atoms with E-state index in [1.807, 2.05) is 7.11 Å². The molecule has 1 fully saturated rings. The van der Waals surface area contributed by atoms with Crippen LogP contribution < -0.4 is 0 Å². The lowest BCUT2D eigenvalue weighted by Crippen LogP contribution is -2.44. The number of hydrogen-bond acceptors (Lipinski definition) is 1. The van der Waals surface area contributed by atoms with Gasteiger partial charge in [-0.1, -0.05) is 26.7 Å². The first-order valence-electron chi connectivity index (χ1n) is 4.81. The largest absolute Gasteiger partial charge is 0.378 e. The molecule has 0 saturated heterocycles. The van der Waals surface area contributed by atoms with Crippen molar-refractivity contribution in [3.63, 3.8) is 0 Å². The van der Waals surface area contributed by atoms with Crippen molar-refractivity contribution in [3.05, 3.63) is 0 Å². The third-order valence-corrected chi connectivity index (χ3v) is 3.10. The van der Waals surface area contributed by atoms with Crippen molar-refractivity contribution in [2.45, 2.75) is 51.6 Å². The van der Waals surface area contributed by atoms with E-state index < -0.39 is 0 Å². The molecule has 1 saturated carbocycles. The maximum Gasteiger partial charge on any atom is 0.0681 e. The molecule has 0 aromatic rings. The monoisotopic (exact) mass is 156 g/mol. The summed E-state index contributed by atoms with van der Waals surface area (Å²) in [5, 5.41) is 0. The van der Waals surface area contributed by atoms with E-state index in [1.54, 1.807) is 0 Å². The van der Waals surface area contributed by atoms with Crippen LogP contribution in [0.25, 0.3) is 0 Å². The minimum absolute atomic E-state index is 0.278. The lowest BCUT2D eigenvalue weighted by molar-refractivity contribution is -0.109. The van der Waals surface area contributed by atoms with Gasteiger partial charge in [0.15, 0.2) is 0 Å². The zero-order valence-corrected chi connectivity index (χ0v) is 8.02. The van der Waals surface area contributed by atoms with Gasteiger partial charge in [-0.15, -0.1) is 0 Å². The van der Waals surface area contributed by atoms with Crippen molar-refractivity contribution >= 4 is 0 Å². The molecule has 0 bridgehead atoms. The fourth-order valence-corrected chi connectivity index (χ4v) is 2.20. The average molecular weight is 156 g/mol. The Kier molecular flexibility index (Phi) is 2.94. The van der Waals surface area contributed by atoms with Crippen LogP contribution in [0.3, 0.4) is 0 Å². The van der Waals surface area contributed by atoms with Crippen LogP contribution in [0.15, 0.2) is 0 Å². The van der Waals surface area contributed by atoms with E-state index >= 15 is 0 Å². The third-order valence-electron chi connectivity index (χ3n) is 3.10. The van der Waals surface area contributed by atoms with E-state index in [-0.39, 0.29) is 5.60 Å². The van der Waals surface area contributed by atoms with Crippen LogP contribution in [0.1, 0.15) is 46.0 Å². The van der Waals surface area contributed by atoms with Gasteiger partial charge >= 0.3 is 0 Å². The zero-order valence-electron chi connectivity index (χ0n) is 8.02. The van der Waals surface area contributed by atoms with Crippen LogP contribution in [0.5, 0.6) is 0 Å². The van der Waals surface area contributed by atoms with Crippen LogP contribution in [0.2, 0.25) is 0 Å². The van der Waals surface area contributed by atoms with Crippen molar-refractivity contribution in [1.82, 2.24) is 0 Å². The molecule has 1 aliphatic rings. The molecule has 0 N–H and O–H groups in total. The Bertz CT molecular complexity index is 108. The summed E-state index contributed by atoms with van der Waals surface area (Å²) in [5.74, 6) is 0.958. The fourth-order valence-electron chi connectivity index (χ4n) is 2.20. The van der Waals surface area contributed by atoms with E-state index in [0.29, 0.717) is 0 Å². The molecule has 0 amide bonds. The highest BCUT2D eigenvalue weighted by Crippen LogP contribution is 2.44. The summed E-state index contributed by atoms with van der Waals surface area (Å²) in [4.78, 5) is 0. The molecular weight excluding hydrogens is 136 g/mol. The topological polar surface area (TPSA) is 9.23 Å². The summed E-state index contributed by atoms with van der Waals surface area (Å²) < 4.78 is 5.50. The van der Waals surface area contributed by atoms with Gasteiger partial charge in [-0.2, -0.15) is 0 Å². The van der Waals surface area contributed by atoms with Crippen LogP contribution in [-0.2, 0) is 4.74 Å². The van der Waals surface area contributed by atoms with Crippen LogP contribution in [0, 0.1) is 5.92 Å². The van der Waals surface area contributed by atoms with E-state index in [0.717, 1.165) is 5.92 Å². The van der Waals surface area contributed by atoms with E-state index in [1.165, 1.54) is 32.1 Å². The summed E-state index contributed by atoms with van der Waals surface area (Å²) in [6.07, 6.45) is 6.50. The minimum atomic E-state index is 0.278. The molecule has 66 valence electrons. The lowest BCUT2D eigenvalue weighted by atomic mass is 9.68. The number of rotatable bonds is 4. The van der Waals surface area contributed by atoms with Gasteiger partial charge in [-0.25, -0.2) is 0 Å². The smallest absolute Gasteiger partial charge is 0.0681 e. The first-order valence-corrected chi connectivity index (χ1v) is 4.81. The van der Waals surface area contributed by atoms with Gasteiger partial charge < -0.3 is 4.74 Å². The Morgan fingerprint density at radius 2 is 2.00 bits per heavy atom. The molecule has 1 aliphatic carbocycles. The first-order chi connectivity index (χ1) is 5.26. The Morgan fingerprint density at radius 1 is 1.36 bits per heavy atom. The maximum absolute atomic E-state index is 5.50. The fraction of sp³-hybridized carbons (Fsp3) is 1.00. The number of hydrogen-bond donors (Lipinski definition) is 0. The molecule has 0 radical (unpaired) electrons. The zero-order chi connectivity index (χ0) is 8.32. The molecule has 0 unspecified atom stereocenters. The normalized spacial score (nSPS) is 36.8. The van der Waals surface area contributed by atoms with E-state index in [4.69, 9.17) is 4.74 Å². The summed E-state index contributed by atoms with van der Waals surface area (Å²) in [6, 6.07) is 0. The quantitative estimate of drug-likeness (QED) is 0.608. The molecule has 0 atom stereocenters. The van der Waals surface area contributed by atoms with Gasteiger partial charge in [0.2, 0.25) is 0 Å². The summed E-state index contributed by atoms with van der Waals surface area (Å²) in [7, 11) is 1.85. The molecule has 1 rings (SSSR count). The molecular formula is C10H20O. The van der Waals surface area contributed by atoms with Crippen molar-refractivity contribution in [3.8, 4) is 0 Å². The number of ether oxygens (including phenoxy) is 1. The molecule has 0 aromatic carbocycles. The van der Waals surface area contributed by atoms with Crippen LogP contribution >= 0.6 is 0 Å². The Morgan fingerprint density at radius 3 is 2.36 bits per heavy atom. The standard InChI is InChI=1S/C10H20O/c1-4-6-9-7-10(5-2,8-9)11-3/h9H,4-8H2,1-3H3. The van der Waals surface area contributed by atoms with Gasteiger partial charge in [0.1, 0.15) is 0 Å². The summed E-state index contributed by atoms with van der Waals surface area (Å²) >= 11 is 0. The van der Waals surface area contributed by atoms with Crippen molar-refractivity contribution < 1.29 is 4.74 Å². The van der Waals surface area contributed by atoms with Crippen molar-refractivity contribution in [2.75, 3.05) is 7.11 Å². The predicted molar refractivity (Wildman–Crippen MR) is 47.7 cm³/mol. The Balaban J connectivity index is 2.24. The van der Waals surface area contributed by atoms with Gasteiger partial charge in [-0.3, -0.25) is 0 Å². The lowest BCUT2D eigenvalue weighted by Gasteiger charge is -2.46. The summed E-state index contributed by atoms with van der Waals surface area (Å²) in [5.41, 5.74) is 0.278. The van der Waals surface area contributed by atoms with Gasteiger partial charge in [0.05, 0.1) is 5.60 Å². The molecule has 1 heteroatoms. The predicted octanol–water partition coefficient (Wildman–Crippen LogP) is 2.99. The molecule has 0 spiro atoms. The molecule has 0 aliphatic heterocycles. The van der Waals surface area contributed by atoms with E-state index in [9.17, 15) is 0 Å². The second kappa shape index (κ2) is 3.57. The highest BCUT2D eigenvalue weighted by Gasteiger charge is 2.41. The maximum atomic E-state index is 5.50. The van der Waals surface area contributed by atoms with Gasteiger partial charge in [0, 0.05) is 7.11 Å².